The first-order valence-corrected chi connectivity index (χ1v) is 6.20. The third kappa shape index (κ3) is 2.35. The fourth-order valence-electron chi connectivity index (χ4n) is 1.90. The zero-order valence-electron chi connectivity index (χ0n) is 11.4. The highest BCUT2D eigenvalue weighted by molar-refractivity contribution is 5.63. The molecule has 0 fully saturated rings. The van der Waals surface area contributed by atoms with Crippen LogP contribution in [0.3, 0.4) is 0 Å². The lowest BCUT2D eigenvalue weighted by Gasteiger charge is -2.11. The van der Waals surface area contributed by atoms with Crippen LogP contribution in [0.4, 0.5) is 5.82 Å². The van der Waals surface area contributed by atoms with E-state index in [2.05, 4.69) is 43.7 Å². The van der Waals surface area contributed by atoms with Gasteiger partial charge in [0.15, 0.2) is 5.82 Å². The van der Waals surface area contributed by atoms with Crippen LogP contribution in [-0.4, -0.2) is 9.97 Å². The molecule has 3 nitrogen and oxygen atoms in total. The summed E-state index contributed by atoms with van der Waals surface area (Å²) < 4.78 is 0. The van der Waals surface area contributed by atoms with Crippen molar-refractivity contribution < 1.29 is 0 Å². The molecule has 0 unspecified atom stereocenters. The number of anilines is 1. The van der Waals surface area contributed by atoms with E-state index < -0.39 is 0 Å². The van der Waals surface area contributed by atoms with E-state index >= 15 is 0 Å². The van der Waals surface area contributed by atoms with Crippen LogP contribution in [0, 0.1) is 13.8 Å². The number of nitrogens with two attached hydrogens (primary N) is 1. The molecule has 3 heteroatoms. The Morgan fingerprint density at radius 1 is 1.11 bits per heavy atom. The molecule has 1 aromatic carbocycles. The molecule has 2 N–H and O–H groups in total. The molecule has 2 aromatic rings. The minimum atomic E-state index is 0.346. The molecular weight excluding hydrogens is 222 g/mol. The van der Waals surface area contributed by atoms with Crippen LogP contribution in [0.2, 0.25) is 0 Å². The maximum Gasteiger partial charge on any atom is 0.162 e. The van der Waals surface area contributed by atoms with Gasteiger partial charge in [-0.3, -0.25) is 0 Å². The lowest BCUT2D eigenvalue weighted by molar-refractivity contribution is 0.818. The van der Waals surface area contributed by atoms with Gasteiger partial charge in [0.2, 0.25) is 0 Å². The van der Waals surface area contributed by atoms with Crippen molar-refractivity contribution in [1.29, 1.82) is 0 Å². The minimum Gasteiger partial charge on any atom is -0.384 e. The Bertz CT molecular complexity index is 574. The lowest BCUT2D eigenvalue weighted by Crippen LogP contribution is -2.02. The zero-order chi connectivity index (χ0) is 13.3. The van der Waals surface area contributed by atoms with E-state index in [1.54, 1.807) is 0 Å². The molecule has 0 spiro atoms. The van der Waals surface area contributed by atoms with Crippen LogP contribution in [0.1, 0.15) is 36.6 Å². The molecule has 1 aromatic heterocycles. The minimum absolute atomic E-state index is 0.346. The van der Waals surface area contributed by atoms with E-state index in [0.717, 1.165) is 17.1 Å². The fourth-order valence-corrected chi connectivity index (χ4v) is 1.90. The molecule has 0 amide bonds. The predicted molar refractivity (Wildman–Crippen MR) is 75.4 cm³/mol. The van der Waals surface area contributed by atoms with E-state index in [0.29, 0.717) is 11.7 Å². The SMILES string of the molecule is Cc1cccc(-c2nc(N)cc(C(C)C)n2)c1C. The Morgan fingerprint density at radius 2 is 1.83 bits per heavy atom. The van der Waals surface area contributed by atoms with E-state index in [-0.39, 0.29) is 0 Å². The number of aromatic nitrogens is 2. The van der Waals surface area contributed by atoms with Crippen molar-refractivity contribution in [3.05, 3.63) is 41.1 Å². The number of hydrogen-bond donors (Lipinski definition) is 1. The Hall–Kier alpha value is -1.90. The number of benzene rings is 1. The van der Waals surface area contributed by atoms with Crippen molar-refractivity contribution in [3.63, 3.8) is 0 Å². The Kier molecular flexibility index (Phi) is 3.32. The second kappa shape index (κ2) is 4.77. The molecule has 0 aliphatic heterocycles. The number of nitrogens with zero attached hydrogens (tertiary/aromatic N) is 2. The first-order valence-electron chi connectivity index (χ1n) is 6.20. The van der Waals surface area contributed by atoms with Crippen molar-refractivity contribution in [2.45, 2.75) is 33.6 Å². The van der Waals surface area contributed by atoms with Crippen LogP contribution in [0.15, 0.2) is 24.3 Å². The summed E-state index contributed by atoms with van der Waals surface area (Å²) in [7, 11) is 0. The molecule has 18 heavy (non-hydrogen) atoms. The molecule has 0 bridgehead atoms. The fraction of sp³-hybridized carbons (Fsp3) is 0.333. The normalized spacial score (nSPS) is 10.9. The van der Waals surface area contributed by atoms with E-state index in [1.165, 1.54) is 11.1 Å². The summed E-state index contributed by atoms with van der Waals surface area (Å²) in [5, 5.41) is 0. The highest BCUT2D eigenvalue weighted by Crippen LogP contribution is 2.25. The van der Waals surface area contributed by atoms with Crippen molar-refractivity contribution in [3.8, 4) is 11.4 Å². The molecule has 0 saturated carbocycles. The molecule has 0 radical (unpaired) electrons. The molecule has 0 aliphatic rings. The molecular formula is C15H19N3. The van der Waals surface area contributed by atoms with Gasteiger partial charge in [0, 0.05) is 17.3 Å². The van der Waals surface area contributed by atoms with Gasteiger partial charge in [0.25, 0.3) is 0 Å². The largest absolute Gasteiger partial charge is 0.384 e. The Labute approximate surface area is 108 Å². The zero-order valence-corrected chi connectivity index (χ0v) is 11.4. The quantitative estimate of drug-likeness (QED) is 0.876. The summed E-state index contributed by atoms with van der Waals surface area (Å²) in [4.78, 5) is 8.97. The predicted octanol–water partition coefficient (Wildman–Crippen LogP) is 3.47. The van der Waals surface area contributed by atoms with Crippen LogP contribution in [0.5, 0.6) is 0 Å². The first-order chi connectivity index (χ1) is 8.49. The van der Waals surface area contributed by atoms with Crippen molar-refractivity contribution in [2.75, 3.05) is 5.73 Å². The number of aryl methyl sites for hydroxylation is 1. The second-order valence-electron chi connectivity index (χ2n) is 4.94. The Morgan fingerprint density at radius 3 is 2.50 bits per heavy atom. The van der Waals surface area contributed by atoms with Gasteiger partial charge in [-0.25, -0.2) is 9.97 Å². The van der Waals surface area contributed by atoms with Crippen LogP contribution in [0.25, 0.3) is 11.4 Å². The first kappa shape index (κ1) is 12.6. The average molecular weight is 241 g/mol. The van der Waals surface area contributed by atoms with Gasteiger partial charge in [-0.05, 0) is 30.9 Å². The van der Waals surface area contributed by atoms with Gasteiger partial charge in [-0.1, -0.05) is 32.0 Å². The standard InChI is InChI=1S/C15H19N3/c1-9(2)13-8-14(16)18-15(17-13)12-7-5-6-10(3)11(12)4/h5-9H,1-4H3,(H2,16,17,18). The van der Waals surface area contributed by atoms with Gasteiger partial charge in [-0.15, -0.1) is 0 Å². The van der Waals surface area contributed by atoms with Crippen LogP contribution < -0.4 is 5.73 Å². The second-order valence-corrected chi connectivity index (χ2v) is 4.94. The van der Waals surface area contributed by atoms with Crippen molar-refractivity contribution >= 4 is 5.82 Å². The van der Waals surface area contributed by atoms with Crippen molar-refractivity contribution in [1.82, 2.24) is 9.97 Å². The molecule has 0 saturated heterocycles. The summed E-state index contributed by atoms with van der Waals surface area (Å²) in [6, 6.07) is 8.01. The van der Waals surface area contributed by atoms with Gasteiger partial charge < -0.3 is 5.73 Å². The van der Waals surface area contributed by atoms with Crippen LogP contribution >= 0.6 is 0 Å². The third-order valence-electron chi connectivity index (χ3n) is 3.20. The smallest absolute Gasteiger partial charge is 0.162 e. The highest BCUT2D eigenvalue weighted by atomic mass is 14.9. The maximum atomic E-state index is 5.87. The number of hydrogen-bond acceptors (Lipinski definition) is 3. The molecule has 94 valence electrons. The summed E-state index contributed by atoms with van der Waals surface area (Å²) in [6.45, 7) is 8.39. The van der Waals surface area contributed by atoms with E-state index in [9.17, 15) is 0 Å². The van der Waals surface area contributed by atoms with Gasteiger partial charge in [0.05, 0.1) is 0 Å². The summed E-state index contributed by atoms with van der Waals surface area (Å²) in [6.07, 6.45) is 0. The summed E-state index contributed by atoms with van der Waals surface area (Å²) in [5.74, 6) is 1.60. The summed E-state index contributed by atoms with van der Waals surface area (Å²) in [5.41, 5.74) is 10.4. The number of rotatable bonds is 2. The van der Waals surface area contributed by atoms with Gasteiger partial charge in [0.1, 0.15) is 5.82 Å². The molecule has 1 heterocycles. The number of nitrogen functional groups attached to an aromatic ring is 1. The highest BCUT2D eigenvalue weighted by Gasteiger charge is 2.10. The maximum absolute atomic E-state index is 5.87. The van der Waals surface area contributed by atoms with Crippen molar-refractivity contribution in [2.24, 2.45) is 0 Å². The monoisotopic (exact) mass is 241 g/mol. The topological polar surface area (TPSA) is 51.8 Å². The lowest BCUT2D eigenvalue weighted by atomic mass is 10.0. The average Bonchev–Trinajstić information content (AvgIpc) is 2.31. The molecule has 0 atom stereocenters. The van der Waals surface area contributed by atoms with E-state index in [4.69, 9.17) is 5.73 Å². The third-order valence-corrected chi connectivity index (χ3v) is 3.20. The Balaban J connectivity index is 2.60. The van der Waals surface area contributed by atoms with Gasteiger partial charge in [-0.2, -0.15) is 0 Å². The van der Waals surface area contributed by atoms with Crippen LogP contribution in [-0.2, 0) is 0 Å². The molecule has 0 aliphatic carbocycles. The summed E-state index contributed by atoms with van der Waals surface area (Å²) >= 11 is 0. The van der Waals surface area contributed by atoms with E-state index in [1.807, 2.05) is 18.2 Å². The molecule has 2 rings (SSSR count). The van der Waals surface area contributed by atoms with Gasteiger partial charge >= 0.3 is 0 Å².